The predicted octanol–water partition coefficient (Wildman–Crippen LogP) is 8.62. The number of aromatic nitrogens is 2. The minimum absolute atomic E-state index is 0.211. The van der Waals surface area contributed by atoms with Gasteiger partial charge < -0.3 is 9.88 Å². The third kappa shape index (κ3) is 4.00. The largest absolute Gasteiger partial charge is 0.325 e. The zero-order valence-corrected chi connectivity index (χ0v) is 21.5. The summed E-state index contributed by atoms with van der Waals surface area (Å²) in [5, 5.41) is 4.53. The Labute approximate surface area is 224 Å². The van der Waals surface area contributed by atoms with Crippen LogP contribution >= 0.6 is 34.8 Å². The molecule has 180 valence electrons. The average molecular weight is 535 g/mol. The Balaban J connectivity index is 1.60. The van der Waals surface area contributed by atoms with E-state index in [1.54, 1.807) is 18.2 Å². The monoisotopic (exact) mass is 533 g/mol. The first-order chi connectivity index (χ1) is 17.5. The summed E-state index contributed by atoms with van der Waals surface area (Å²) in [6.07, 6.45) is 5.09. The standard InChI is InChI=1S/C29H22Cl3N3O/c30-20-11-9-19(10-12-20)26-22-8-4-5-15-34-25(18-6-2-1-3-7-18)17-35(29(22)34)27(26)28(36)33-21-13-14-23(31)24(32)16-21/h1-3,6-7,9-14,16-17H,4-5,8,15H2,(H,33,36). The lowest BCUT2D eigenvalue weighted by atomic mass is 9.97. The van der Waals surface area contributed by atoms with Crippen LogP contribution in [0.2, 0.25) is 15.1 Å². The van der Waals surface area contributed by atoms with Crippen molar-refractivity contribution in [3.05, 3.63) is 105 Å². The topological polar surface area (TPSA) is 38.4 Å². The second-order valence-electron chi connectivity index (χ2n) is 8.97. The van der Waals surface area contributed by atoms with Crippen LogP contribution in [-0.4, -0.2) is 14.9 Å². The second kappa shape index (κ2) is 9.36. The molecule has 2 aromatic heterocycles. The highest BCUT2D eigenvalue weighted by Crippen LogP contribution is 2.40. The van der Waals surface area contributed by atoms with E-state index in [4.69, 9.17) is 34.8 Å². The van der Waals surface area contributed by atoms with Crippen molar-refractivity contribution in [2.75, 3.05) is 5.32 Å². The van der Waals surface area contributed by atoms with E-state index in [1.165, 1.54) is 5.56 Å². The van der Waals surface area contributed by atoms with Crippen molar-refractivity contribution in [3.63, 3.8) is 0 Å². The lowest BCUT2D eigenvalue weighted by molar-refractivity contribution is 0.102. The normalized spacial score (nSPS) is 13.1. The zero-order valence-electron chi connectivity index (χ0n) is 19.3. The van der Waals surface area contributed by atoms with Crippen LogP contribution in [0.3, 0.4) is 0 Å². The van der Waals surface area contributed by atoms with Crippen LogP contribution < -0.4 is 5.32 Å². The SMILES string of the molecule is O=C(Nc1ccc(Cl)c(Cl)c1)c1c(-c2ccc(Cl)cc2)c2c3n(c(-c4ccccc4)cn13)CCCC2. The van der Waals surface area contributed by atoms with Crippen LogP contribution in [0.5, 0.6) is 0 Å². The first kappa shape index (κ1) is 23.2. The van der Waals surface area contributed by atoms with Gasteiger partial charge in [-0.05, 0) is 60.7 Å². The molecule has 0 unspecified atom stereocenters. The third-order valence-corrected chi connectivity index (χ3v) is 7.72. The molecule has 0 atom stereocenters. The van der Waals surface area contributed by atoms with Crippen molar-refractivity contribution in [3.8, 4) is 22.4 Å². The van der Waals surface area contributed by atoms with Crippen molar-refractivity contribution in [2.24, 2.45) is 0 Å². The highest BCUT2D eigenvalue weighted by Gasteiger charge is 2.29. The van der Waals surface area contributed by atoms with Gasteiger partial charge in [-0.25, -0.2) is 0 Å². The number of carbonyl (C=O) groups is 1. The van der Waals surface area contributed by atoms with Crippen LogP contribution in [0.4, 0.5) is 5.69 Å². The highest BCUT2D eigenvalue weighted by atomic mass is 35.5. The quantitative estimate of drug-likeness (QED) is 0.246. The van der Waals surface area contributed by atoms with E-state index >= 15 is 0 Å². The molecule has 0 bridgehead atoms. The van der Waals surface area contributed by atoms with E-state index < -0.39 is 0 Å². The molecule has 5 aromatic rings. The predicted molar refractivity (Wildman–Crippen MR) is 149 cm³/mol. The van der Waals surface area contributed by atoms with Gasteiger partial charge in [-0.15, -0.1) is 0 Å². The van der Waals surface area contributed by atoms with E-state index in [2.05, 4.69) is 32.6 Å². The Morgan fingerprint density at radius 2 is 1.61 bits per heavy atom. The number of hydrogen-bond donors (Lipinski definition) is 1. The van der Waals surface area contributed by atoms with Gasteiger partial charge in [0.1, 0.15) is 11.3 Å². The van der Waals surface area contributed by atoms with Gasteiger partial charge in [0.2, 0.25) is 0 Å². The lowest BCUT2D eigenvalue weighted by Crippen LogP contribution is -2.15. The molecule has 6 rings (SSSR count). The van der Waals surface area contributed by atoms with Crippen LogP contribution in [0.25, 0.3) is 28.0 Å². The fraction of sp³-hybridized carbons (Fsp3) is 0.138. The fourth-order valence-electron chi connectivity index (χ4n) is 5.14. The third-order valence-electron chi connectivity index (χ3n) is 6.73. The molecule has 0 saturated carbocycles. The molecule has 3 heterocycles. The van der Waals surface area contributed by atoms with Crippen LogP contribution in [-0.2, 0) is 13.0 Å². The number of aryl methyl sites for hydroxylation is 2. The second-order valence-corrected chi connectivity index (χ2v) is 10.2. The molecule has 0 spiro atoms. The number of rotatable bonds is 4. The van der Waals surface area contributed by atoms with E-state index in [9.17, 15) is 4.79 Å². The van der Waals surface area contributed by atoms with Crippen molar-refractivity contribution in [2.45, 2.75) is 25.8 Å². The summed E-state index contributed by atoms with van der Waals surface area (Å²) < 4.78 is 4.41. The Hall–Kier alpha value is -3.18. The molecule has 0 fully saturated rings. The summed E-state index contributed by atoms with van der Waals surface area (Å²) >= 11 is 18.5. The first-order valence-electron chi connectivity index (χ1n) is 11.9. The number of halogens is 3. The van der Waals surface area contributed by atoms with Crippen molar-refractivity contribution < 1.29 is 4.79 Å². The first-order valence-corrected chi connectivity index (χ1v) is 13.0. The molecule has 1 amide bonds. The molecule has 1 aliphatic heterocycles. The Morgan fingerprint density at radius 1 is 0.833 bits per heavy atom. The molecule has 0 saturated heterocycles. The highest BCUT2D eigenvalue weighted by molar-refractivity contribution is 6.42. The van der Waals surface area contributed by atoms with Gasteiger partial charge >= 0.3 is 0 Å². The fourth-order valence-corrected chi connectivity index (χ4v) is 5.56. The minimum Gasteiger partial charge on any atom is -0.325 e. The Morgan fingerprint density at radius 3 is 2.36 bits per heavy atom. The van der Waals surface area contributed by atoms with Gasteiger partial charge in [0.15, 0.2) is 0 Å². The number of anilines is 1. The lowest BCUT2D eigenvalue weighted by Gasteiger charge is -2.11. The van der Waals surface area contributed by atoms with Gasteiger partial charge in [0, 0.05) is 34.6 Å². The average Bonchev–Trinajstić information content (AvgIpc) is 3.30. The van der Waals surface area contributed by atoms with Crippen LogP contribution in [0, 0.1) is 0 Å². The molecule has 1 aliphatic rings. The van der Waals surface area contributed by atoms with E-state index in [0.717, 1.165) is 53.8 Å². The van der Waals surface area contributed by atoms with Gasteiger partial charge in [0.25, 0.3) is 5.91 Å². The molecular weight excluding hydrogens is 513 g/mol. The molecule has 1 N–H and O–H groups in total. The number of hydrogen-bond acceptors (Lipinski definition) is 1. The van der Waals surface area contributed by atoms with Gasteiger partial charge in [-0.1, -0.05) is 77.3 Å². The summed E-state index contributed by atoms with van der Waals surface area (Å²) in [5.41, 5.74) is 7.54. The summed E-state index contributed by atoms with van der Waals surface area (Å²) in [6, 6.07) is 23.1. The Kier molecular flexibility index (Phi) is 6.04. The maximum atomic E-state index is 13.9. The van der Waals surface area contributed by atoms with Crippen LogP contribution in [0.1, 0.15) is 28.9 Å². The van der Waals surface area contributed by atoms with Crippen molar-refractivity contribution >= 4 is 52.0 Å². The van der Waals surface area contributed by atoms with Gasteiger partial charge in [0.05, 0.1) is 15.7 Å². The van der Waals surface area contributed by atoms with Crippen molar-refractivity contribution in [1.29, 1.82) is 0 Å². The van der Waals surface area contributed by atoms with Crippen molar-refractivity contribution in [1.82, 2.24) is 8.97 Å². The molecular formula is C29H22Cl3N3O. The molecule has 36 heavy (non-hydrogen) atoms. The van der Waals surface area contributed by atoms with Gasteiger partial charge in [-0.3, -0.25) is 9.20 Å². The van der Waals surface area contributed by atoms with Gasteiger partial charge in [-0.2, -0.15) is 0 Å². The molecule has 0 radical (unpaired) electrons. The van der Waals surface area contributed by atoms with Crippen LogP contribution in [0.15, 0.2) is 79.0 Å². The summed E-state index contributed by atoms with van der Waals surface area (Å²) in [5.74, 6) is -0.211. The van der Waals surface area contributed by atoms with E-state index in [1.807, 2.05) is 42.5 Å². The number of amides is 1. The summed E-state index contributed by atoms with van der Waals surface area (Å²) in [7, 11) is 0. The minimum atomic E-state index is -0.211. The maximum Gasteiger partial charge on any atom is 0.273 e. The number of nitrogens with one attached hydrogen (secondary N) is 1. The zero-order chi connectivity index (χ0) is 24.8. The summed E-state index contributed by atoms with van der Waals surface area (Å²) in [6.45, 7) is 0.894. The number of nitrogens with zero attached hydrogens (tertiary/aromatic N) is 2. The number of carbonyl (C=O) groups excluding carboxylic acids is 1. The number of benzene rings is 3. The molecule has 7 heteroatoms. The maximum absolute atomic E-state index is 13.9. The smallest absolute Gasteiger partial charge is 0.273 e. The molecule has 0 aliphatic carbocycles. The molecule has 4 nitrogen and oxygen atoms in total. The molecule has 3 aromatic carbocycles. The van der Waals surface area contributed by atoms with E-state index in [-0.39, 0.29) is 5.91 Å². The Bertz CT molecular complexity index is 1600. The summed E-state index contributed by atoms with van der Waals surface area (Å²) in [4.78, 5) is 13.9. The van der Waals surface area contributed by atoms with E-state index in [0.29, 0.717) is 26.4 Å². The number of imidazole rings is 1.